The Bertz CT molecular complexity index is 3230. The van der Waals surface area contributed by atoms with Crippen LogP contribution >= 0.6 is 0 Å². The predicted molar refractivity (Wildman–Crippen MR) is 263 cm³/mol. The number of para-hydroxylation sites is 2. The van der Waals surface area contributed by atoms with Crippen LogP contribution in [-0.4, -0.2) is 7.28 Å². The Morgan fingerprint density at radius 1 is 0.403 bits per heavy atom. The zero-order valence-electron chi connectivity index (χ0n) is 34.2. The fourth-order valence-electron chi connectivity index (χ4n) is 10.4. The third-order valence-corrected chi connectivity index (χ3v) is 13.1. The molecule has 2 heterocycles. The Kier molecular flexibility index (Phi) is 8.53. The number of anilines is 5. The summed E-state index contributed by atoms with van der Waals surface area (Å²) in [6.45, 7) is 0. The van der Waals surface area contributed by atoms with Gasteiger partial charge in [-0.2, -0.15) is 0 Å². The molecule has 10 aromatic carbocycles. The van der Waals surface area contributed by atoms with Gasteiger partial charge >= 0.3 is 0 Å². The second-order valence-corrected chi connectivity index (χ2v) is 16.5. The summed E-state index contributed by atoms with van der Waals surface area (Å²) in [7, 11) is 0.791. The van der Waals surface area contributed by atoms with Gasteiger partial charge in [-0.1, -0.05) is 212 Å². The molecule has 0 saturated carbocycles. The molecule has 2 aliphatic heterocycles. The van der Waals surface area contributed by atoms with Crippen LogP contribution in [0.2, 0.25) is 0 Å². The fourth-order valence-corrected chi connectivity index (χ4v) is 10.4. The van der Waals surface area contributed by atoms with Crippen molar-refractivity contribution in [1.29, 1.82) is 0 Å². The monoisotopic (exact) mass is 788 g/mol. The highest BCUT2D eigenvalue weighted by atomic mass is 15.2. The molecule has 1 N–H and O–H groups in total. The molecule has 290 valence electrons. The van der Waals surface area contributed by atoms with E-state index in [-0.39, 0.29) is 0 Å². The molecule has 62 heavy (non-hydrogen) atoms. The average molecular weight is 789 g/mol. The van der Waals surface area contributed by atoms with Gasteiger partial charge in [0.2, 0.25) is 0 Å². The van der Waals surface area contributed by atoms with Gasteiger partial charge in [-0.15, -0.1) is 0 Å². The molecular weight excluding hydrogens is 747 g/mol. The minimum absolute atomic E-state index is 0.524. The van der Waals surface area contributed by atoms with Crippen LogP contribution in [0.15, 0.2) is 237 Å². The molecule has 0 saturated heterocycles. The first kappa shape index (κ1) is 36.0. The first-order chi connectivity index (χ1) is 30.8. The summed E-state index contributed by atoms with van der Waals surface area (Å²) >= 11 is 0. The van der Waals surface area contributed by atoms with E-state index in [0.717, 1.165) is 18.7 Å². The molecular formula is C59H41BN2. The van der Waals surface area contributed by atoms with Crippen molar-refractivity contribution in [1.82, 2.24) is 0 Å². The molecule has 2 aliphatic rings. The molecule has 3 heteroatoms. The van der Waals surface area contributed by atoms with E-state index in [4.69, 9.17) is 0 Å². The van der Waals surface area contributed by atoms with Gasteiger partial charge in [0.1, 0.15) is 0 Å². The van der Waals surface area contributed by atoms with Crippen LogP contribution in [0.25, 0.3) is 44.2 Å². The smallest absolute Gasteiger partial charge is 0.198 e. The van der Waals surface area contributed by atoms with Gasteiger partial charge in [-0.3, -0.25) is 0 Å². The highest BCUT2D eigenvalue weighted by molar-refractivity contribution is 6.73. The maximum atomic E-state index is 3.97. The number of benzene rings is 10. The molecule has 0 fully saturated rings. The molecule has 2 nitrogen and oxygen atoms in total. The van der Waals surface area contributed by atoms with Gasteiger partial charge in [0.15, 0.2) is 7.28 Å². The van der Waals surface area contributed by atoms with Crippen LogP contribution < -0.4 is 21.1 Å². The number of hydrogen-bond acceptors (Lipinski definition) is 2. The van der Waals surface area contributed by atoms with Crippen molar-refractivity contribution >= 4 is 57.4 Å². The van der Waals surface area contributed by atoms with E-state index in [1.807, 2.05) is 0 Å². The van der Waals surface area contributed by atoms with Gasteiger partial charge in [-0.25, -0.2) is 0 Å². The molecule has 0 aliphatic carbocycles. The first-order valence-corrected chi connectivity index (χ1v) is 21.6. The zero-order chi connectivity index (χ0) is 41.0. The van der Waals surface area contributed by atoms with Crippen molar-refractivity contribution in [3.63, 3.8) is 0 Å². The number of nitrogens with zero attached hydrogens (tertiary/aromatic N) is 1. The van der Waals surface area contributed by atoms with Gasteiger partial charge in [0, 0.05) is 28.0 Å². The molecule has 0 aromatic heterocycles. The largest absolute Gasteiger partial charge is 0.355 e. The lowest BCUT2D eigenvalue weighted by molar-refractivity contribution is 0.732. The van der Waals surface area contributed by atoms with Crippen molar-refractivity contribution in [3.05, 3.63) is 259 Å². The van der Waals surface area contributed by atoms with E-state index in [2.05, 4.69) is 247 Å². The minimum Gasteiger partial charge on any atom is -0.355 e. The molecule has 0 amide bonds. The SMILES string of the molecule is B1c2cccc3c2N(c2ccccc2C3(c2ccccc2)c2ccccc2)c2cc(-c3ccccc3)cc(-c3ccc4ccccc4c3Nc3ccc(-c4ccccc4)cc3)c21. The van der Waals surface area contributed by atoms with Crippen LogP contribution in [-0.2, 0) is 5.41 Å². The van der Waals surface area contributed by atoms with Crippen molar-refractivity contribution in [2.24, 2.45) is 0 Å². The van der Waals surface area contributed by atoms with Crippen LogP contribution in [0.4, 0.5) is 28.4 Å². The predicted octanol–water partition coefficient (Wildman–Crippen LogP) is 13.5. The average Bonchev–Trinajstić information content (AvgIpc) is 3.35. The van der Waals surface area contributed by atoms with E-state index in [0.29, 0.717) is 0 Å². The number of hydrogen-bond donors (Lipinski definition) is 1. The van der Waals surface area contributed by atoms with Gasteiger partial charge < -0.3 is 10.2 Å². The summed E-state index contributed by atoms with van der Waals surface area (Å²) in [5.74, 6) is 0. The Balaban J connectivity index is 1.11. The first-order valence-electron chi connectivity index (χ1n) is 21.6. The summed E-state index contributed by atoms with van der Waals surface area (Å²) in [4.78, 5) is 2.59. The minimum atomic E-state index is -0.524. The standard InChI is InChI=1S/C59H41BN2/c1-5-18-40(19-6-1)42-32-35-47(36-33-42)61-57-48-27-14-13-22-43(48)34-37-49(57)50-38-44(41-20-7-2-8-21-41)39-55-56(50)60-53-30-17-29-52-58(53)62(55)54-31-16-15-28-51(54)59(52,45-23-9-3-10-24-45)46-25-11-4-12-26-46/h1-39,60-61H. The quantitative estimate of drug-likeness (QED) is 0.162. The maximum Gasteiger partial charge on any atom is 0.198 e. The fraction of sp³-hybridized carbons (Fsp3) is 0.0169. The lowest BCUT2D eigenvalue weighted by Gasteiger charge is -2.49. The summed E-state index contributed by atoms with van der Waals surface area (Å²) in [6, 6.07) is 86.9. The van der Waals surface area contributed by atoms with Crippen LogP contribution in [0.1, 0.15) is 22.3 Å². The maximum absolute atomic E-state index is 3.97. The van der Waals surface area contributed by atoms with Crippen LogP contribution in [0.3, 0.4) is 0 Å². The van der Waals surface area contributed by atoms with E-state index >= 15 is 0 Å². The van der Waals surface area contributed by atoms with Gasteiger partial charge in [0.05, 0.1) is 16.8 Å². The van der Waals surface area contributed by atoms with Gasteiger partial charge in [-0.05, 0) is 91.3 Å². The van der Waals surface area contributed by atoms with Crippen LogP contribution in [0.5, 0.6) is 0 Å². The summed E-state index contributed by atoms with van der Waals surface area (Å²) in [5, 5.41) is 6.36. The van der Waals surface area contributed by atoms with Crippen LogP contribution in [0, 0.1) is 0 Å². The van der Waals surface area contributed by atoms with Crippen molar-refractivity contribution < 1.29 is 0 Å². The summed E-state index contributed by atoms with van der Waals surface area (Å²) in [6.07, 6.45) is 0. The highest BCUT2D eigenvalue weighted by Crippen LogP contribution is 2.58. The van der Waals surface area contributed by atoms with Crippen molar-refractivity contribution in [2.45, 2.75) is 5.41 Å². The second-order valence-electron chi connectivity index (χ2n) is 16.5. The Labute approximate surface area is 363 Å². The highest BCUT2D eigenvalue weighted by Gasteiger charge is 2.48. The third kappa shape index (κ3) is 5.66. The molecule has 0 unspecified atom stereocenters. The molecule has 0 atom stereocenters. The summed E-state index contributed by atoms with van der Waals surface area (Å²) < 4.78 is 0. The number of fused-ring (bicyclic) bond motifs is 5. The normalized spacial score (nSPS) is 13.1. The van der Waals surface area contributed by atoms with Gasteiger partial charge in [0.25, 0.3) is 0 Å². The molecule has 0 radical (unpaired) electrons. The van der Waals surface area contributed by atoms with E-state index in [9.17, 15) is 0 Å². The second kappa shape index (κ2) is 14.7. The number of rotatable bonds is 7. The molecule has 0 bridgehead atoms. The molecule has 10 aromatic rings. The number of nitrogens with one attached hydrogen (secondary N) is 1. The summed E-state index contributed by atoms with van der Waals surface area (Å²) in [5.41, 5.74) is 20.3. The van der Waals surface area contributed by atoms with E-state index in [1.165, 1.54) is 94.4 Å². The Morgan fingerprint density at radius 2 is 0.984 bits per heavy atom. The molecule has 12 rings (SSSR count). The van der Waals surface area contributed by atoms with E-state index < -0.39 is 5.41 Å². The topological polar surface area (TPSA) is 15.3 Å². The Hall–Kier alpha value is -7.88. The van der Waals surface area contributed by atoms with E-state index in [1.54, 1.807) is 0 Å². The lowest BCUT2D eigenvalue weighted by atomic mass is 9.54. The molecule has 0 spiro atoms. The zero-order valence-corrected chi connectivity index (χ0v) is 34.2. The van der Waals surface area contributed by atoms with Crippen molar-refractivity contribution in [2.75, 3.05) is 10.2 Å². The lowest BCUT2D eigenvalue weighted by Crippen LogP contribution is -2.47. The Morgan fingerprint density at radius 3 is 1.69 bits per heavy atom. The van der Waals surface area contributed by atoms with Crippen molar-refractivity contribution in [3.8, 4) is 33.4 Å². The third-order valence-electron chi connectivity index (χ3n) is 13.1.